The quantitative estimate of drug-likeness (QED) is 0.0548. The zero-order chi connectivity index (χ0) is 42.2. The lowest BCUT2D eigenvalue weighted by Gasteiger charge is -2.36. The molecule has 1 aliphatic heterocycles. The summed E-state index contributed by atoms with van der Waals surface area (Å²) in [5.41, 5.74) is 4.82. The molecule has 0 radical (unpaired) electrons. The number of carbonyl (C=O) groups is 1. The molecule has 1 aliphatic rings. The molecule has 7 rings (SSSR count). The van der Waals surface area contributed by atoms with Crippen molar-refractivity contribution in [3.05, 3.63) is 142 Å². The van der Waals surface area contributed by atoms with E-state index in [0.29, 0.717) is 28.1 Å². The first-order valence-electron chi connectivity index (χ1n) is 19.5. The van der Waals surface area contributed by atoms with Crippen LogP contribution in [0.4, 0.5) is 22.9 Å². The lowest BCUT2D eigenvalue weighted by Crippen LogP contribution is -2.46. The van der Waals surface area contributed by atoms with Gasteiger partial charge in [-0.3, -0.25) is 24.5 Å². The van der Waals surface area contributed by atoms with Gasteiger partial charge in [-0.15, -0.1) is 11.8 Å². The number of carbonyl (C=O) groups excluding carboxylic acids is 1. The van der Waals surface area contributed by atoms with E-state index in [1.807, 2.05) is 66.7 Å². The molecule has 0 spiro atoms. The molecule has 1 amide bonds. The Morgan fingerprint density at radius 2 is 1.65 bits per heavy atom. The molecule has 13 nitrogen and oxygen atoms in total. The number of hydrogen-bond acceptors (Lipinski definition) is 11. The van der Waals surface area contributed by atoms with Gasteiger partial charge in [-0.2, -0.15) is 0 Å². The Morgan fingerprint density at radius 3 is 2.38 bits per heavy atom. The number of rotatable bonds is 16. The number of nitrogens with one attached hydrogen (secondary N) is 2. The van der Waals surface area contributed by atoms with Crippen LogP contribution in [0.2, 0.25) is 5.02 Å². The van der Waals surface area contributed by atoms with Gasteiger partial charge in [-0.25, -0.2) is 18.4 Å². The predicted molar refractivity (Wildman–Crippen MR) is 240 cm³/mol. The summed E-state index contributed by atoms with van der Waals surface area (Å²) >= 11 is 7.70. The molecule has 5 aromatic carbocycles. The summed E-state index contributed by atoms with van der Waals surface area (Å²) in [5, 5.41) is 16.8. The molecule has 1 aromatic heterocycles. The molecule has 0 bridgehead atoms. The van der Waals surface area contributed by atoms with E-state index in [-0.39, 0.29) is 34.8 Å². The maximum Gasteiger partial charge on any atom is 0.293 e. The molecule has 60 heavy (non-hydrogen) atoms. The largest absolute Gasteiger partial charge is 0.376 e. The van der Waals surface area contributed by atoms with Gasteiger partial charge in [0, 0.05) is 92.1 Å². The van der Waals surface area contributed by atoms with Crippen molar-refractivity contribution < 1.29 is 18.1 Å². The average Bonchev–Trinajstić information content (AvgIpc) is 3.25. The van der Waals surface area contributed by atoms with Crippen LogP contribution in [0.15, 0.2) is 131 Å². The highest BCUT2D eigenvalue weighted by molar-refractivity contribution is 7.99. The minimum atomic E-state index is -4.32. The van der Waals surface area contributed by atoms with Crippen LogP contribution in [-0.4, -0.2) is 91.1 Å². The van der Waals surface area contributed by atoms with Gasteiger partial charge >= 0.3 is 0 Å². The zero-order valence-corrected chi connectivity index (χ0v) is 35.6. The number of nitrogens with zero attached hydrogens (tertiary/aromatic N) is 6. The van der Waals surface area contributed by atoms with Crippen molar-refractivity contribution in [2.24, 2.45) is 0 Å². The third kappa shape index (κ3) is 10.5. The van der Waals surface area contributed by atoms with Crippen molar-refractivity contribution in [2.45, 2.75) is 35.2 Å². The molecule has 0 saturated carbocycles. The molecule has 1 saturated heterocycles. The highest BCUT2D eigenvalue weighted by Crippen LogP contribution is 2.33. The van der Waals surface area contributed by atoms with Gasteiger partial charge in [0.05, 0.1) is 15.3 Å². The monoisotopic (exact) mass is 864 g/mol. The maximum atomic E-state index is 13.8. The number of nitro groups is 1. The molecule has 2 N–H and O–H groups in total. The van der Waals surface area contributed by atoms with Crippen molar-refractivity contribution in [1.29, 1.82) is 0 Å². The highest BCUT2D eigenvalue weighted by Gasteiger charge is 2.25. The zero-order valence-electron chi connectivity index (χ0n) is 33.2. The first kappa shape index (κ1) is 42.4. The van der Waals surface area contributed by atoms with Crippen LogP contribution < -0.4 is 14.9 Å². The van der Waals surface area contributed by atoms with Crippen LogP contribution >= 0.6 is 23.4 Å². The summed E-state index contributed by atoms with van der Waals surface area (Å²) in [6.07, 6.45) is 1.94. The average molecular weight is 865 g/mol. The fourth-order valence-corrected chi connectivity index (χ4v) is 9.26. The Kier molecular flexibility index (Phi) is 13.5. The number of thioether (sulfide) groups is 1. The molecule has 1 atom stereocenters. The van der Waals surface area contributed by atoms with Gasteiger partial charge in [0.2, 0.25) is 5.91 Å². The molecule has 310 valence electrons. The lowest BCUT2D eigenvalue weighted by molar-refractivity contribution is -0.384. The molecule has 0 aliphatic carbocycles. The number of hydrogen-bond donors (Lipinski definition) is 2. The number of nitro benzene ring substituents is 1. The Hall–Kier alpha value is -5.74. The van der Waals surface area contributed by atoms with Gasteiger partial charge in [0.25, 0.3) is 15.7 Å². The minimum absolute atomic E-state index is 0.0594. The van der Waals surface area contributed by atoms with Crippen LogP contribution in [-0.2, 0) is 21.4 Å². The summed E-state index contributed by atoms with van der Waals surface area (Å²) in [5.74, 6) is 0.511. The number of sulfonamides is 1. The number of amides is 1. The molecule has 1 unspecified atom stereocenters. The topological polar surface area (TPSA) is 154 Å². The van der Waals surface area contributed by atoms with Gasteiger partial charge in [-0.1, -0.05) is 66.2 Å². The van der Waals surface area contributed by atoms with Gasteiger partial charge < -0.3 is 15.1 Å². The molecular formula is C44H45ClN8O5S2. The van der Waals surface area contributed by atoms with E-state index in [2.05, 4.69) is 54.1 Å². The second-order valence-electron chi connectivity index (χ2n) is 14.7. The Labute approximate surface area is 359 Å². The van der Waals surface area contributed by atoms with Crippen LogP contribution in [0.1, 0.15) is 18.4 Å². The van der Waals surface area contributed by atoms with E-state index in [1.54, 1.807) is 31.9 Å². The molecular weight excluding hydrogens is 820 g/mol. The fourth-order valence-electron chi connectivity index (χ4n) is 7.09. The second-order valence-corrected chi connectivity index (χ2v) is 17.9. The van der Waals surface area contributed by atoms with Crippen LogP contribution in [0.5, 0.6) is 0 Å². The van der Waals surface area contributed by atoms with Gasteiger partial charge in [0.1, 0.15) is 12.0 Å². The summed E-state index contributed by atoms with van der Waals surface area (Å²) in [6, 6.07) is 35.1. The SMILES string of the molecule is CN(C)C(=O)CCC(CSc1ccccc1)Nc1ccc(S(=O)(=O)Nc2ncnc3cc(N4CCN(Cc5ccccc5-c5ccc(Cl)cc5)CC4)ccc23)cc1[N+](=O)[O-]. The van der Waals surface area contributed by atoms with E-state index < -0.39 is 20.6 Å². The highest BCUT2D eigenvalue weighted by atomic mass is 35.5. The number of fused-ring (bicyclic) bond motifs is 1. The Bertz CT molecular complexity index is 2570. The smallest absolute Gasteiger partial charge is 0.293 e. The predicted octanol–water partition coefficient (Wildman–Crippen LogP) is 8.42. The summed E-state index contributed by atoms with van der Waals surface area (Å²) in [4.78, 5) is 39.8. The first-order chi connectivity index (χ1) is 28.9. The number of anilines is 3. The normalized spacial score (nSPS) is 13.8. The van der Waals surface area contributed by atoms with Crippen molar-refractivity contribution >= 4 is 73.1 Å². The third-order valence-electron chi connectivity index (χ3n) is 10.4. The number of benzene rings is 5. The van der Waals surface area contributed by atoms with Gasteiger partial charge in [0.15, 0.2) is 5.82 Å². The van der Waals surface area contributed by atoms with Crippen molar-refractivity contribution in [2.75, 3.05) is 61.0 Å². The van der Waals surface area contributed by atoms with Crippen molar-refractivity contribution in [1.82, 2.24) is 19.8 Å². The van der Waals surface area contributed by atoms with Crippen LogP contribution in [0.3, 0.4) is 0 Å². The first-order valence-corrected chi connectivity index (χ1v) is 22.3. The Balaban J connectivity index is 1.03. The number of aromatic nitrogens is 2. The van der Waals surface area contributed by atoms with E-state index in [0.717, 1.165) is 54.9 Å². The lowest BCUT2D eigenvalue weighted by atomic mass is 9.99. The van der Waals surface area contributed by atoms with Crippen LogP contribution in [0, 0.1) is 10.1 Å². The minimum Gasteiger partial charge on any atom is -0.376 e. The van der Waals surface area contributed by atoms with E-state index in [4.69, 9.17) is 11.6 Å². The van der Waals surface area contributed by atoms with Gasteiger partial charge in [-0.05, 0) is 77.7 Å². The summed E-state index contributed by atoms with van der Waals surface area (Å²) < 4.78 is 30.1. The Morgan fingerprint density at radius 1 is 0.917 bits per heavy atom. The van der Waals surface area contributed by atoms with E-state index in [1.165, 1.54) is 34.5 Å². The molecule has 16 heteroatoms. The van der Waals surface area contributed by atoms with Crippen molar-refractivity contribution in [3.8, 4) is 11.1 Å². The number of piperazine rings is 1. The molecule has 6 aromatic rings. The number of halogens is 1. The summed E-state index contributed by atoms with van der Waals surface area (Å²) in [6.45, 7) is 4.11. The maximum absolute atomic E-state index is 13.8. The molecule has 2 heterocycles. The summed E-state index contributed by atoms with van der Waals surface area (Å²) in [7, 11) is -0.960. The van der Waals surface area contributed by atoms with E-state index >= 15 is 0 Å². The van der Waals surface area contributed by atoms with E-state index in [9.17, 15) is 23.3 Å². The standard InChI is InChI=1S/C44H45ClN8O5S2/c1-50(2)43(54)21-16-34(29-59-36-9-4-3-5-10-36)48-40-20-18-37(27-42(40)53(55)56)60(57,58)49-44-39-19-17-35(26-41(39)46-30-47-44)52-24-22-51(23-25-52)28-32-8-6-7-11-38(32)31-12-14-33(45)15-13-31/h3-15,17-20,26-27,30,34,48H,16,21-25,28-29H2,1-2H3,(H,46,47,49). The fraction of sp³-hybridized carbons (Fsp3) is 0.250. The van der Waals surface area contributed by atoms with Crippen LogP contribution in [0.25, 0.3) is 22.0 Å². The third-order valence-corrected chi connectivity index (χ3v) is 13.2. The second kappa shape index (κ2) is 19.1. The molecule has 1 fully saturated rings. The van der Waals surface area contributed by atoms with Crippen molar-refractivity contribution in [3.63, 3.8) is 0 Å².